The number of H-pyrrole nitrogens is 1. The number of halogens is 2. The first-order valence-corrected chi connectivity index (χ1v) is 5.85. The van der Waals surface area contributed by atoms with Gasteiger partial charge in [0.25, 0.3) is 5.91 Å². The largest absolute Gasteiger partial charge is 0.394 e. The molecule has 2 aromatic rings. The topological polar surface area (TPSA) is 83.8 Å². The molecule has 0 aliphatic heterocycles. The molecule has 1 heterocycles. The minimum Gasteiger partial charge on any atom is -0.394 e. The highest BCUT2D eigenvalue weighted by Crippen LogP contribution is 2.20. The van der Waals surface area contributed by atoms with Crippen LogP contribution >= 0.6 is 15.9 Å². The molecule has 18 heavy (non-hydrogen) atoms. The third-order valence-electron chi connectivity index (χ3n) is 2.41. The van der Waals surface area contributed by atoms with Crippen molar-refractivity contribution in [2.24, 2.45) is 0 Å². The van der Waals surface area contributed by atoms with E-state index in [9.17, 15) is 9.18 Å². The number of aryl methyl sites for hydroxylation is 1. The maximum atomic E-state index is 13.0. The summed E-state index contributed by atoms with van der Waals surface area (Å²) in [5.41, 5.74) is 7.06. The van der Waals surface area contributed by atoms with Crippen LogP contribution < -0.4 is 11.1 Å². The van der Waals surface area contributed by atoms with Crippen molar-refractivity contribution in [3.8, 4) is 0 Å². The van der Waals surface area contributed by atoms with E-state index >= 15 is 0 Å². The summed E-state index contributed by atoms with van der Waals surface area (Å²) in [5, 5.41) is 9.05. The molecule has 0 aliphatic rings. The molecule has 0 fully saturated rings. The lowest BCUT2D eigenvalue weighted by Crippen LogP contribution is -2.13. The van der Waals surface area contributed by atoms with Gasteiger partial charge in [-0.25, -0.2) is 4.39 Å². The molecule has 4 N–H and O–H groups in total. The molecule has 0 spiro atoms. The predicted molar refractivity (Wildman–Crippen MR) is 69.8 cm³/mol. The van der Waals surface area contributed by atoms with E-state index in [-0.39, 0.29) is 10.3 Å². The van der Waals surface area contributed by atoms with Crippen LogP contribution in [0.1, 0.15) is 16.1 Å². The Labute approximate surface area is 111 Å². The fraction of sp³-hybridized carbons (Fsp3) is 0.0909. The summed E-state index contributed by atoms with van der Waals surface area (Å²) in [7, 11) is 0. The Morgan fingerprint density at radius 1 is 1.56 bits per heavy atom. The number of amides is 1. The highest BCUT2D eigenvalue weighted by atomic mass is 79.9. The van der Waals surface area contributed by atoms with Crippen LogP contribution in [0.4, 0.5) is 15.9 Å². The minimum absolute atomic E-state index is 0.223. The van der Waals surface area contributed by atoms with E-state index in [4.69, 9.17) is 5.73 Å². The number of nitrogens with two attached hydrogens (primary N) is 1. The van der Waals surface area contributed by atoms with E-state index < -0.39 is 11.7 Å². The van der Waals surface area contributed by atoms with Gasteiger partial charge in [0.2, 0.25) is 0 Å². The number of anilines is 2. The van der Waals surface area contributed by atoms with E-state index in [0.29, 0.717) is 16.9 Å². The lowest BCUT2D eigenvalue weighted by Gasteiger charge is -2.04. The second-order valence-corrected chi connectivity index (χ2v) is 4.55. The number of nitrogen functional groups attached to an aromatic ring is 1. The average molecular weight is 313 g/mol. The Kier molecular flexibility index (Phi) is 3.33. The Morgan fingerprint density at radius 2 is 2.28 bits per heavy atom. The molecular formula is C11H10BrFN4O. The van der Waals surface area contributed by atoms with Gasteiger partial charge >= 0.3 is 0 Å². The van der Waals surface area contributed by atoms with Gasteiger partial charge < -0.3 is 11.1 Å². The van der Waals surface area contributed by atoms with Gasteiger partial charge in [0.1, 0.15) is 5.82 Å². The Hall–Kier alpha value is -1.89. The maximum absolute atomic E-state index is 13.0. The van der Waals surface area contributed by atoms with Crippen LogP contribution in [0, 0.1) is 12.7 Å². The van der Waals surface area contributed by atoms with Crippen molar-refractivity contribution in [1.82, 2.24) is 10.2 Å². The summed E-state index contributed by atoms with van der Waals surface area (Å²) in [6.45, 7) is 1.74. The van der Waals surface area contributed by atoms with Crippen molar-refractivity contribution in [2.75, 3.05) is 11.1 Å². The number of nitrogens with one attached hydrogen (secondary N) is 2. The number of nitrogens with zero attached hydrogens (tertiary/aromatic N) is 1. The zero-order chi connectivity index (χ0) is 13.3. The van der Waals surface area contributed by atoms with Crippen LogP contribution in [-0.4, -0.2) is 16.1 Å². The third kappa shape index (κ3) is 2.35. The van der Waals surface area contributed by atoms with Gasteiger partial charge in [0, 0.05) is 5.56 Å². The molecule has 0 saturated heterocycles. The van der Waals surface area contributed by atoms with Crippen molar-refractivity contribution in [3.05, 3.63) is 39.7 Å². The summed E-state index contributed by atoms with van der Waals surface area (Å²) < 4.78 is 13.3. The summed E-state index contributed by atoms with van der Waals surface area (Å²) in [6.07, 6.45) is 0. The standard InChI is InChI=1S/C11H10BrFN4O/c1-5-9(14)10(17-16-5)15-11(18)6-2-3-8(13)7(12)4-6/h2-4H,14H2,1H3,(H2,15,16,17,18). The summed E-state index contributed by atoms with van der Waals surface area (Å²) in [4.78, 5) is 11.9. The number of carbonyl (C=O) groups is 1. The number of aromatic nitrogens is 2. The van der Waals surface area contributed by atoms with Crippen molar-refractivity contribution < 1.29 is 9.18 Å². The first-order chi connectivity index (χ1) is 8.49. The van der Waals surface area contributed by atoms with Crippen molar-refractivity contribution in [3.63, 3.8) is 0 Å². The molecule has 1 amide bonds. The smallest absolute Gasteiger partial charge is 0.256 e. The molecule has 0 bridgehead atoms. The van der Waals surface area contributed by atoms with Crippen LogP contribution in [0.3, 0.4) is 0 Å². The Morgan fingerprint density at radius 3 is 2.83 bits per heavy atom. The zero-order valence-electron chi connectivity index (χ0n) is 9.42. The SMILES string of the molecule is Cc1[nH]nc(NC(=O)c2ccc(F)c(Br)c2)c1N. The van der Waals surface area contributed by atoms with E-state index in [2.05, 4.69) is 31.4 Å². The molecule has 0 atom stereocenters. The number of hydrogen-bond acceptors (Lipinski definition) is 3. The second kappa shape index (κ2) is 4.77. The fourth-order valence-electron chi connectivity index (χ4n) is 1.35. The second-order valence-electron chi connectivity index (χ2n) is 3.69. The first-order valence-electron chi connectivity index (χ1n) is 5.06. The van der Waals surface area contributed by atoms with Crippen LogP contribution in [0.25, 0.3) is 0 Å². The van der Waals surface area contributed by atoms with E-state index in [1.54, 1.807) is 6.92 Å². The van der Waals surface area contributed by atoms with E-state index in [1.165, 1.54) is 18.2 Å². The summed E-state index contributed by atoms with van der Waals surface area (Å²) in [5.74, 6) is -0.575. The fourth-order valence-corrected chi connectivity index (χ4v) is 1.73. The van der Waals surface area contributed by atoms with Gasteiger partial charge in [0.15, 0.2) is 5.82 Å². The summed E-state index contributed by atoms with van der Waals surface area (Å²) >= 11 is 3.02. The van der Waals surface area contributed by atoms with Gasteiger partial charge in [0.05, 0.1) is 15.9 Å². The quantitative estimate of drug-likeness (QED) is 0.796. The van der Waals surface area contributed by atoms with Gasteiger partial charge in [-0.15, -0.1) is 0 Å². The predicted octanol–water partition coefficient (Wildman–Crippen LogP) is 2.45. The Balaban J connectivity index is 2.22. The number of hydrogen-bond donors (Lipinski definition) is 3. The number of aromatic amines is 1. The molecule has 7 heteroatoms. The van der Waals surface area contributed by atoms with Gasteiger partial charge in [-0.3, -0.25) is 9.89 Å². The van der Waals surface area contributed by atoms with Gasteiger partial charge in [-0.05, 0) is 41.1 Å². The molecule has 2 rings (SSSR count). The lowest BCUT2D eigenvalue weighted by molar-refractivity contribution is 0.102. The first kappa shape index (κ1) is 12.6. The van der Waals surface area contributed by atoms with E-state index in [1.807, 2.05) is 0 Å². The monoisotopic (exact) mass is 312 g/mol. The van der Waals surface area contributed by atoms with Crippen molar-refractivity contribution in [2.45, 2.75) is 6.92 Å². The summed E-state index contributed by atoms with van der Waals surface area (Å²) in [6, 6.07) is 3.98. The van der Waals surface area contributed by atoms with Crippen LogP contribution in [-0.2, 0) is 0 Å². The molecule has 0 saturated carbocycles. The van der Waals surface area contributed by atoms with Crippen molar-refractivity contribution >= 4 is 33.3 Å². The average Bonchev–Trinajstić information content (AvgIpc) is 2.64. The van der Waals surface area contributed by atoms with Gasteiger partial charge in [-0.1, -0.05) is 0 Å². The van der Waals surface area contributed by atoms with Crippen LogP contribution in [0.5, 0.6) is 0 Å². The molecule has 1 aromatic heterocycles. The molecule has 5 nitrogen and oxygen atoms in total. The van der Waals surface area contributed by atoms with Crippen LogP contribution in [0.15, 0.2) is 22.7 Å². The van der Waals surface area contributed by atoms with E-state index in [0.717, 1.165) is 0 Å². The maximum Gasteiger partial charge on any atom is 0.256 e. The third-order valence-corrected chi connectivity index (χ3v) is 3.02. The molecule has 0 aliphatic carbocycles. The van der Waals surface area contributed by atoms with Crippen LogP contribution in [0.2, 0.25) is 0 Å². The van der Waals surface area contributed by atoms with Crippen molar-refractivity contribution in [1.29, 1.82) is 0 Å². The molecule has 0 radical (unpaired) electrons. The van der Waals surface area contributed by atoms with Gasteiger partial charge in [-0.2, -0.15) is 5.10 Å². The number of carbonyl (C=O) groups excluding carboxylic acids is 1. The Bertz CT molecular complexity index is 611. The normalized spacial score (nSPS) is 10.4. The minimum atomic E-state index is -0.429. The zero-order valence-corrected chi connectivity index (χ0v) is 11.0. The molecular weight excluding hydrogens is 303 g/mol. The number of benzene rings is 1. The molecule has 0 unspecified atom stereocenters. The molecule has 1 aromatic carbocycles. The highest BCUT2D eigenvalue weighted by Gasteiger charge is 2.13. The molecule has 94 valence electrons. The number of rotatable bonds is 2. The highest BCUT2D eigenvalue weighted by molar-refractivity contribution is 9.10. The lowest BCUT2D eigenvalue weighted by atomic mass is 10.2.